The Morgan fingerprint density at radius 1 is 1.19 bits per heavy atom. The molecule has 0 bridgehead atoms. The minimum atomic E-state index is -0.536. The van der Waals surface area contributed by atoms with Gasteiger partial charge in [0.15, 0.2) is 0 Å². The summed E-state index contributed by atoms with van der Waals surface area (Å²) in [5.41, 5.74) is 7.29. The van der Waals surface area contributed by atoms with E-state index in [-0.39, 0.29) is 11.3 Å². The Labute approximate surface area is 91.7 Å². The Morgan fingerprint density at radius 2 is 1.94 bits per heavy atom. The van der Waals surface area contributed by atoms with Gasteiger partial charge in [-0.3, -0.25) is 4.98 Å². The lowest BCUT2D eigenvalue weighted by Gasteiger charge is -2.08. The third kappa shape index (κ3) is 1.74. The summed E-state index contributed by atoms with van der Waals surface area (Å²) in [4.78, 5) is 3.98. The molecule has 0 unspecified atom stereocenters. The number of anilines is 1. The number of hydrogen-bond acceptors (Lipinski definition) is 2. The molecule has 2 rings (SSSR count). The number of aromatic nitrogens is 1. The fourth-order valence-electron chi connectivity index (χ4n) is 1.46. The number of aryl methyl sites for hydroxylation is 1. The van der Waals surface area contributed by atoms with E-state index in [1.807, 2.05) is 0 Å². The highest BCUT2D eigenvalue weighted by molar-refractivity contribution is 5.74. The van der Waals surface area contributed by atoms with Crippen LogP contribution < -0.4 is 5.73 Å². The Balaban J connectivity index is 2.67. The van der Waals surface area contributed by atoms with Crippen molar-refractivity contribution in [2.24, 2.45) is 0 Å². The first-order valence-electron chi connectivity index (χ1n) is 4.76. The monoisotopic (exact) mass is 220 g/mol. The molecular formula is C12H10F2N2. The van der Waals surface area contributed by atoms with Gasteiger partial charge in [0.2, 0.25) is 0 Å². The molecule has 1 aromatic carbocycles. The molecule has 82 valence electrons. The van der Waals surface area contributed by atoms with Crippen molar-refractivity contribution in [3.8, 4) is 11.3 Å². The van der Waals surface area contributed by atoms with Crippen molar-refractivity contribution < 1.29 is 8.78 Å². The first-order valence-corrected chi connectivity index (χ1v) is 4.76. The molecule has 2 nitrogen and oxygen atoms in total. The number of rotatable bonds is 1. The van der Waals surface area contributed by atoms with E-state index in [2.05, 4.69) is 4.98 Å². The van der Waals surface area contributed by atoms with Crippen LogP contribution in [-0.4, -0.2) is 4.98 Å². The lowest BCUT2D eigenvalue weighted by molar-refractivity contribution is 0.602. The van der Waals surface area contributed by atoms with Crippen LogP contribution in [-0.2, 0) is 0 Å². The fourth-order valence-corrected chi connectivity index (χ4v) is 1.46. The predicted octanol–water partition coefficient (Wildman–Crippen LogP) is 2.92. The van der Waals surface area contributed by atoms with E-state index < -0.39 is 11.6 Å². The predicted molar refractivity (Wildman–Crippen MR) is 58.7 cm³/mol. The molecule has 16 heavy (non-hydrogen) atoms. The summed E-state index contributed by atoms with van der Waals surface area (Å²) in [7, 11) is 0. The lowest BCUT2D eigenvalue weighted by Crippen LogP contribution is -1.98. The molecule has 2 N–H and O–H groups in total. The molecule has 0 saturated carbocycles. The maximum Gasteiger partial charge on any atom is 0.132 e. The molecule has 0 atom stereocenters. The first kappa shape index (κ1) is 10.5. The maximum absolute atomic E-state index is 13.5. The van der Waals surface area contributed by atoms with Gasteiger partial charge < -0.3 is 5.73 Å². The molecule has 1 heterocycles. The van der Waals surface area contributed by atoms with E-state index in [0.29, 0.717) is 5.69 Å². The number of pyridine rings is 1. The van der Waals surface area contributed by atoms with Gasteiger partial charge in [-0.1, -0.05) is 0 Å². The summed E-state index contributed by atoms with van der Waals surface area (Å²) in [6, 6.07) is 4.93. The molecule has 0 spiro atoms. The topological polar surface area (TPSA) is 38.9 Å². The van der Waals surface area contributed by atoms with E-state index in [9.17, 15) is 8.78 Å². The van der Waals surface area contributed by atoms with Crippen molar-refractivity contribution in [3.05, 3.63) is 47.7 Å². The van der Waals surface area contributed by atoms with Gasteiger partial charge in [-0.25, -0.2) is 8.78 Å². The minimum absolute atomic E-state index is 0.0844. The van der Waals surface area contributed by atoms with Gasteiger partial charge in [0.1, 0.15) is 11.6 Å². The SMILES string of the molecule is Cc1ccnc(-c2cc(F)ccc2F)c1N. The van der Waals surface area contributed by atoms with E-state index in [4.69, 9.17) is 5.73 Å². The van der Waals surface area contributed by atoms with Crippen LogP contribution in [0.1, 0.15) is 5.56 Å². The van der Waals surface area contributed by atoms with Crippen LogP contribution in [0.25, 0.3) is 11.3 Å². The number of nitrogens with two attached hydrogens (primary N) is 1. The molecule has 4 heteroatoms. The number of nitrogens with zero attached hydrogens (tertiary/aromatic N) is 1. The van der Waals surface area contributed by atoms with Crippen LogP contribution in [0.4, 0.5) is 14.5 Å². The summed E-state index contributed by atoms with van der Waals surface area (Å²) in [6.45, 7) is 1.79. The summed E-state index contributed by atoms with van der Waals surface area (Å²) in [5, 5.41) is 0. The van der Waals surface area contributed by atoms with Crippen LogP contribution in [0, 0.1) is 18.6 Å². The third-order valence-corrected chi connectivity index (χ3v) is 2.39. The molecule has 0 aliphatic carbocycles. The Morgan fingerprint density at radius 3 is 2.69 bits per heavy atom. The summed E-state index contributed by atoms with van der Waals surface area (Å²) in [6.07, 6.45) is 1.52. The number of nitrogen functional groups attached to an aromatic ring is 1. The maximum atomic E-state index is 13.5. The minimum Gasteiger partial charge on any atom is -0.397 e. The van der Waals surface area contributed by atoms with Crippen molar-refractivity contribution >= 4 is 5.69 Å². The second-order valence-corrected chi connectivity index (χ2v) is 3.51. The van der Waals surface area contributed by atoms with Crippen LogP contribution in [0.15, 0.2) is 30.5 Å². The molecule has 1 aromatic heterocycles. The van der Waals surface area contributed by atoms with E-state index >= 15 is 0 Å². The van der Waals surface area contributed by atoms with E-state index in [0.717, 1.165) is 23.8 Å². The number of benzene rings is 1. The third-order valence-electron chi connectivity index (χ3n) is 2.39. The van der Waals surface area contributed by atoms with Gasteiger partial charge in [0.05, 0.1) is 11.4 Å². The molecule has 0 fully saturated rings. The second kappa shape index (κ2) is 3.89. The average Bonchev–Trinajstić information content (AvgIpc) is 2.26. The van der Waals surface area contributed by atoms with Gasteiger partial charge in [-0.2, -0.15) is 0 Å². The van der Waals surface area contributed by atoms with Gasteiger partial charge in [-0.15, -0.1) is 0 Å². The van der Waals surface area contributed by atoms with Gasteiger partial charge in [0.25, 0.3) is 0 Å². The van der Waals surface area contributed by atoms with Crippen LogP contribution >= 0.6 is 0 Å². The van der Waals surface area contributed by atoms with E-state index in [1.54, 1.807) is 13.0 Å². The van der Waals surface area contributed by atoms with Gasteiger partial charge in [0, 0.05) is 11.8 Å². The van der Waals surface area contributed by atoms with Crippen LogP contribution in [0.2, 0.25) is 0 Å². The van der Waals surface area contributed by atoms with Crippen LogP contribution in [0.5, 0.6) is 0 Å². The molecule has 0 saturated heterocycles. The Hall–Kier alpha value is -1.97. The van der Waals surface area contributed by atoms with Gasteiger partial charge >= 0.3 is 0 Å². The molecule has 0 radical (unpaired) electrons. The quantitative estimate of drug-likeness (QED) is 0.802. The molecule has 0 aliphatic rings. The van der Waals surface area contributed by atoms with Crippen molar-refractivity contribution in [1.82, 2.24) is 4.98 Å². The molecule has 2 aromatic rings. The molecular weight excluding hydrogens is 210 g/mol. The lowest BCUT2D eigenvalue weighted by atomic mass is 10.1. The van der Waals surface area contributed by atoms with Gasteiger partial charge in [-0.05, 0) is 36.8 Å². The fraction of sp³-hybridized carbons (Fsp3) is 0.0833. The van der Waals surface area contributed by atoms with Crippen LogP contribution in [0.3, 0.4) is 0 Å². The Bertz CT molecular complexity index is 539. The zero-order chi connectivity index (χ0) is 11.7. The van der Waals surface area contributed by atoms with E-state index in [1.165, 1.54) is 6.20 Å². The summed E-state index contributed by atoms with van der Waals surface area (Å²) in [5.74, 6) is -1.05. The number of hydrogen-bond donors (Lipinski definition) is 1. The van der Waals surface area contributed by atoms with Crippen molar-refractivity contribution in [2.75, 3.05) is 5.73 Å². The normalized spacial score (nSPS) is 10.4. The largest absolute Gasteiger partial charge is 0.397 e. The first-order chi connectivity index (χ1) is 7.59. The number of halogens is 2. The van der Waals surface area contributed by atoms with Crippen molar-refractivity contribution in [1.29, 1.82) is 0 Å². The highest BCUT2D eigenvalue weighted by Gasteiger charge is 2.11. The molecule has 0 aliphatic heterocycles. The smallest absolute Gasteiger partial charge is 0.132 e. The van der Waals surface area contributed by atoms with Crippen molar-refractivity contribution in [3.63, 3.8) is 0 Å². The van der Waals surface area contributed by atoms with Crippen molar-refractivity contribution in [2.45, 2.75) is 6.92 Å². The highest BCUT2D eigenvalue weighted by Crippen LogP contribution is 2.28. The standard InChI is InChI=1S/C12H10F2N2/c1-7-4-5-16-12(11(7)15)9-6-8(13)2-3-10(9)14/h2-6H,15H2,1H3. The molecule has 0 amide bonds. The zero-order valence-corrected chi connectivity index (χ0v) is 8.67. The Kier molecular flexibility index (Phi) is 2.56. The average molecular weight is 220 g/mol. The summed E-state index contributed by atoms with van der Waals surface area (Å²) >= 11 is 0. The highest BCUT2D eigenvalue weighted by atomic mass is 19.1. The second-order valence-electron chi connectivity index (χ2n) is 3.51. The zero-order valence-electron chi connectivity index (χ0n) is 8.67. The summed E-state index contributed by atoms with van der Waals surface area (Å²) < 4.78 is 26.5.